The first kappa shape index (κ1) is 13.9. The molecule has 1 aromatic heterocycles. The highest BCUT2D eigenvalue weighted by atomic mass is 35.5. The van der Waals surface area contributed by atoms with Gasteiger partial charge in [-0.25, -0.2) is 4.39 Å². The van der Waals surface area contributed by atoms with E-state index in [-0.39, 0.29) is 11.9 Å². The van der Waals surface area contributed by atoms with Crippen LogP contribution in [0.3, 0.4) is 0 Å². The van der Waals surface area contributed by atoms with Crippen LogP contribution < -0.4 is 5.32 Å². The van der Waals surface area contributed by atoms with Gasteiger partial charge >= 0.3 is 0 Å². The van der Waals surface area contributed by atoms with Crippen LogP contribution >= 0.6 is 11.6 Å². The van der Waals surface area contributed by atoms with Crippen LogP contribution in [0.25, 0.3) is 0 Å². The lowest BCUT2D eigenvalue weighted by molar-refractivity contribution is 0.538. The molecule has 0 saturated carbocycles. The number of aromatic nitrogens is 2. The Hall–Kier alpha value is -1.52. The van der Waals surface area contributed by atoms with Gasteiger partial charge in [0.2, 0.25) is 0 Å². The summed E-state index contributed by atoms with van der Waals surface area (Å²) < 4.78 is 14.0. The molecule has 1 N–H and O–H groups in total. The third kappa shape index (κ3) is 3.49. The predicted octanol–water partition coefficient (Wildman–Crippen LogP) is 3.36. The fraction of sp³-hybridized carbons (Fsp3) is 0.286. The minimum Gasteiger partial charge on any atom is -0.305 e. The molecule has 100 valence electrons. The van der Waals surface area contributed by atoms with E-state index in [0.717, 1.165) is 13.0 Å². The Morgan fingerprint density at radius 2 is 2.21 bits per heavy atom. The maximum absolute atomic E-state index is 14.0. The Morgan fingerprint density at radius 1 is 1.37 bits per heavy atom. The topological polar surface area (TPSA) is 37.8 Å². The van der Waals surface area contributed by atoms with E-state index in [4.69, 9.17) is 11.6 Å². The minimum absolute atomic E-state index is 0.302. The number of hydrogen-bond donors (Lipinski definition) is 1. The van der Waals surface area contributed by atoms with Crippen molar-refractivity contribution in [3.05, 3.63) is 58.9 Å². The third-order valence-electron chi connectivity index (χ3n) is 2.75. The van der Waals surface area contributed by atoms with Gasteiger partial charge in [-0.1, -0.05) is 18.5 Å². The summed E-state index contributed by atoms with van der Waals surface area (Å²) in [5, 5.41) is 3.77. The molecule has 0 radical (unpaired) electrons. The van der Waals surface area contributed by atoms with Crippen molar-refractivity contribution < 1.29 is 4.39 Å². The second-order valence-electron chi connectivity index (χ2n) is 4.18. The number of rotatable bonds is 5. The fourth-order valence-corrected chi connectivity index (χ4v) is 2.04. The van der Waals surface area contributed by atoms with Crippen molar-refractivity contribution >= 4 is 11.6 Å². The van der Waals surface area contributed by atoms with Gasteiger partial charge in [-0.3, -0.25) is 9.97 Å². The van der Waals surface area contributed by atoms with E-state index in [1.807, 2.05) is 0 Å². The van der Waals surface area contributed by atoms with E-state index in [9.17, 15) is 4.39 Å². The SMILES string of the molecule is CCCNC(c1cnccn1)c1cc(Cl)ccc1F. The maximum Gasteiger partial charge on any atom is 0.128 e. The highest BCUT2D eigenvalue weighted by Crippen LogP contribution is 2.25. The van der Waals surface area contributed by atoms with Gasteiger partial charge in [0.1, 0.15) is 5.82 Å². The number of hydrogen-bond acceptors (Lipinski definition) is 3. The van der Waals surface area contributed by atoms with Crippen LogP contribution in [0.5, 0.6) is 0 Å². The van der Waals surface area contributed by atoms with Crippen LogP contribution in [-0.4, -0.2) is 16.5 Å². The van der Waals surface area contributed by atoms with Gasteiger partial charge in [0.25, 0.3) is 0 Å². The second-order valence-corrected chi connectivity index (χ2v) is 4.62. The maximum atomic E-state index is 14.0. The van der Waals surface area contributed by atoms with Gasteiger partial charge in [-0.2, -0.15) is 0 Å². The molecule has 1 atom stereocenters. The van der Waals surface area contributed by atoms with Crippen LogP contribution in [0, 0.1) is 5.82 Å². The highest BCUT2D eigenvalue weighted by molar-refractivity contribution is 6.30. The van der Waals surface area contributed by atoms with Gasteiger partial charge in [-0.05, 0) is 31.2 Å². The molecule has 1 aromatic carbocycles. The summed E-state index contributed by atoms with van der Waals surface area (Å²) in [5.74, 6) is -0.302. The van der Waals surface area contributed by atoms with Crippen molar-refractivity contribution in [3.63, 3.8) is 0 Å². The van der Waals surface area contributed by atoms with E-state index in [1.54, 1.807) is 24.7 Å². The molecule has 3 nitrogen and oxygen atoms in total. The normalized spacial score (nSPS) is 12.4. The summed E-state index contributed by atoms with van der Waals surface area (Å²) in [7, 11) is 0. The molecule has 0 aliphatic heterocycles. The van der Waals surface area contributed by atoms with Crippen molar-refractivity contribution in [2.24, 2.45) is 0 Å². The monoisotopic (exact) mass is 279 g/mol. The van der Waals surface area contributed by atoms with E-state index < -0.39 is 0 Å². The van der Waals surface area contributed by atoms with Gasteiger partial charge in [-0.15, -0.1) is 0 Å². The summed E-state index contributed by atoms with van der Waals surface area (Å²) in [6.07, 6.45) is 5.76. The minimum atomic E-state index is -0.340. The van der Waals surface area contributed by atoms with Crippen LogP contribution in [0.15, 0.2) is 36.8 Å². The number of halogens is 2. The first-order valence-corrected chi connectivity index (χ1v) is 6.54. The molecule has 19 heavy (non-hydrogen) atoms. The molecule has 0 fully saturated rings. The highest BCUT2D eigenvalue weighted by Gasteiger charge is 2.19. The molecule has 2 rings (SSSR count). The fourth-order valence-electron chi connectivity index (χ4n) is 1.86. The first-order valence-electron chi connectivity index (χ1n) is 6.16. The Morgan fingerprint density at radius 3 is 2.89 bits per heavy atom. The van der Waals surface area contributed by atoms with Crippen molar-refractivity contribution in [2.45, 2.75) is 19.4 Å². The Bertz CT molecular complexity index is 533. The van der Waals surface area contributed by atoms with Crippen molar-refractivity contribution in [1.29, 1.82) is 0 Å². The van der Waals surface area contributed by atoms with Gasteiger partial charge in [0.05, 0.1) is 17.9 Å². The van der Waals surface area contributed by atoms with Gasteiger partial charge < -0.3 is 5.32 Å². The zero-order chi connectivity index (χ0) is 13.7. The zero-order valence-electron chi connectivity index (χ0n) is 10.6. The van der Waals surface area contributed by atoms with Gasteiger partial charge in [0, 0.05) is 23.0 Å². The summed E-state index contributed by atoms with van der Waals surface area (Å²) in [4.78, 5) is 8.28. The molecule has 1 heterocycles. The lowest BCUT2D eigenvalue weighted by Gasteiger charge is -2.19. The standard InChI is InChI=1S/C14H15ClFN3/c1-2-5-19-14(13-9-17-6-7-18-13)11-8-10(15)3-4-12(11)16/h3-4,6-9,14,19H,2,5H2,1H3. The molecule has 1 unspecified atom stereocenters. The molecule has 0 spiro atoms. The van der Waals surface area contributed by atoms with Crippen molar-refractivity contribution in [2.75, 3.05) is 6.54 Å². The van der Waals surface area contributed by atoms with E-state index >= 15 is 0 Å². The predicted molar refractivity (Wildman–Crippen MR) is 73.6 cm³/mol. The summed E-state index contributed by atoms with van der Waals surface area (Å²) >= 11 is 5.95. The smallest absolute Gasteiger partial charge is 0.128 e. The number of benzene rings is 1. The molecule has 0 saturated heterocycles. The lowest BCUT2D eigenvalue weighted by atomic mass is 10.0. The lowest BCUT2D eigenvalue weighted by Crippen LogP contribution is -2.25. The molecular weight excluding hydrogens is 265 g/mol. The summed E-state index contributed by atoms with van der Waals surface area (Å²) in [6.45, 7) is 2.81. The van der Waals surface area contributed by atoms with Crippen LogP contribution in [0.2, 0.25) is 5.02 Å². The van der Waals surface area contributed by atoms with Crippen molar-refractivity contribution in [3.8, 4) is 0 Å². The van der Waals surface area contributed by atoms with Crippen LogP contribution in [-0.2, 0) is 0 Å². The quantitative estimate of drug-likeness (QED) is 0.912. The summed E-state index contributed by atoms with van der Waals surface area (Å²) in [5.41, 5.74) is 1.17. The van der Waals surface area contributed by atoms with Gasteiger partial charge in [0.15, 0.2) is 0 Å². The first-order chi connectivity index (χ1) is 9.22. The van der Waals surface area contributed by atoms with Crippen LogP contribution in [0.4, 0.5) is 4.39 Å². The van der Waals surface area contributed by atoms with E-state index in [1.165, 1.54) is 12.1 Å². The molecule has 0 bridgehead atoms. The molecule has 5 heteroatoms. The average Bonchev–Trinajstić information content (AvgIpc) is 2.44. The van der Waals surface area contributed by atoms with Crippen LogP contribution in [0.1, 0.15) is 30.6 Å². The zero-order valence-corrected chi connectivity index (χ0v) is 11.4. The van der Waals surface area contributed by atoms with E-state index in [2.05, 4.69) is 22.2 Å². The largest absolute Gasteiger partial charge is 0.305 e. The average molecular weight is 280 g/mol. The molecular formula is C14H15ClFN3. The molecule has 0 amide bonds. The number of nitrogens with one attached hydrogen (secondary N) is 1. The van der Waals surface area contributed by atoms with Crippen molar-refractivity contribution in [1.82, 2.24) is 15.3 Å². The third-order valence-corrected chi connectivity index (χ3v) is 2.98. The summed E-state index contributed by atoms with van der Waals surface area (Å²) in [6, 6.07) is 4.19. The molecule has 0 aliphatic carbocycles. The number of nitrogens with zero attached hydrogens (tertiary/aromatic N) is 2. The van der Waals surface area contributed by atoms with E-state index in [0.29, 0.717) is 16.3 Å². The Labute approximate surface area is 116 Å². The Balaban J connectivity index is 2.40. The second kappa shape index (κ2) is 6.59. The molecule has 2 aromatic rings. The molecule has 0 aliphatic rings. The Kier molecular flexibility index (Phi) is 4.82.